The second kappa shape index (κ2) is 6.96. The quantitative estimate of drug-likeness (QED) is 0.719. The SMILES string of the molecule is CCS(=O)(=O)CCC(CCl)(CCl)c1ccc(C)cc1. The van der Waals surface area contributed by atoms with Gasteiger partial charge in [-0.05, 0) is 18.9 Å². The van der Waals surface area contributed by atoms with E-state index in [9.17, 15) is 8.42 Å². The summed E-state index contributed by atoms with van der Waals surface area (Å²) in [5, 5.41) is 0. The maximum Gasteiger partial charge on any atom is 0.150 e. The number of aryl methyl sites for hydroxylation is 1. The highest BCUT2D eigenvalue weighted by molar-refractivity contribution is 7.91. The van der Waals surface area contributed by atoms with Crippen LogP contribution < -0.4 is 0 Å². The second-order valence-corrected chi connectivity index (χ2v) is 7.91. The number of alkyl halides is 2. The predicted octanol–water partition coefficient (Wildman–Crippen LogP) is 3.54. The first-order valence-corrected chi connectivity index (χ1v) is 9.17. The van der Waals surface area contributed by atoms with Gasteiger partial charge in [-0.3, -0.25) is 0 Å². The van der Waals surface area contributed by atoms with Crippen LogP contribution in [0.5, 0.6) is 0 Å². The van der Waals surface area contributed by atoms with Gasteiger partial charge in [0.2, 0.25) is 0 Å². The third-order valence-corrected chi connectivity index (χ3v) is 6.24. The second-order valence-electron chi connectivity index (χ2n) is 4.90. The molecule has 0 aliphatic rings. The molecule has 5 heteroatoms. The zero-order valence-corrected chi connectivity index (χ0v) is 13.7. The van der Waals surface area contributed by atoms with E-state index >= 15 is 0 Å². The average molecular weight is 323 g/mol. The Morgan fingerprint density at radius 1 is 1.11 bits per heavy atom. The lowest BCUT2D eigenvalue weighted by Gasteiger charge is -2.30. The van der Waals surface area contributed by atoms with E-state index < -0.39 is 15.3 Å². The van der Waals surface area contributed by atoms with Crippen LogP contribution in [0, 0.1) is 6.92 Å². The summed E-state index contributed by atoms with van der Waals surface area (Å²) in [6.07, 6.45) is 0.458. The van der Waals surface area contributed by atoms with Crippen LogP contribution in [-0.2, 0) is 15.3 Å². The van der Waals surface area contributed by atoms with Gasteiger partial charge in [-0.2, -0.15) is 0 Å². The number of benzene rings is 1. The molecule has 0 N–H and O–H groups in total. The molecule has 0 saturated heterocycles. The monoisotopic (exact) mass is 322 g/mol. The van der Waals surface area contributed by atoms with Gasteiger partial charge in [-0.25, -0.2) is 8.42 Å². The van der Waals surface area contributed by atoms with E-state index in [1.165, 1.54) is 0 Å². The predicted molar refractivity (Wildman–Crippen MR) is 83.2 cm³/mol. The molecule has 1 rings (SSSR count). The fraction of sp³-hybridized carbons (Fsp3) is 0.571. The number of hydrogen-bond donors (Lipinski definition) is 0. The summed E-state index contributed by atoms with van der Waals surface area (Å²) >= 11 is 12.2. The molecule has 1 aromatic carbocycles. The van der Waals surface area contributed by atoms with E-state index in [1.54, 1.807) is 6.92 Å². The van der Waals surface area contributed by atoms with Gasteiger partial charge < -0.3 is 0 Å². The van der Waals surface area contributed by atoms with Gasteiger partial charge in [0.05, 0.1) is 5.75 Å². The van der Waals surface area contributed by atoms with Gasteiger partial charge in [0.25, 0.3) is 0 Å². The molecule has 0 amide bonds. The summed E-state index contributed by atoms with van der Waals surface area (Å²) in [6, 6.07) is 7.96. The van der Waals surface area contributed by atoms with Crippen LogP contribution >= 0.6 is 23.2 Å². The summed E-state index contributed by atoms with van der Waals surface area (Å²) in [7, 11) is -3.01. The van der Waals surface area contributed by atoms with Crippen molar-refractivity contribution in [2.75, 3.05) is 23.3 Å². The van der Waals surface area contributed by atoms with Crippen LogP contribution in [0.25, 0.3) is 0 Å². The number of rotatable bonds is 7. The molecule has 0 aliphatic heterocycles. The van der Waals surface area contributed by atoms with E-state index in [-0.39, 0.29) is 11.5 Å². The molecule has 0 radical (unpaired) electrons. The lowest BCUT2D eigenvalue weighted by molar-refractivity contribution is 0.511. The lowest BCUT2D eigenvalue weighted by atomic mass is 9.81. The Morgan fingerprint density at radius 2 is 1.63 bits per heavy atom. The molecule has 0 fully saturated rings. The van der Waals surface area contributed by atoms with Crippen molar-refractivity contribution in [3.63, 3.8) is 0 Å². The minimum Gasteiger partial charge on any atom is -0.229 e. The average Bonchev–Trinajstić information content (AvgIpc) is 2.42. The van der Waals surface area contributed by atoms with Crippen molar-refractivity contribution in [3.8, 4) is 0 Å². The third kappa shape index (κ3) is 4.37. The van der Waals surface area contributed by atoms with Crippen molar-refractivity contribution in [2.45, 2.75) is 25.7 Å². The van der Waals surface area contributed by atoms with Gasteiger partial charge in [0.15, 0.2) is 0 Å². The van der Waals surface area contributed by atoms with Crippen molar-refractivity contribution in [3.05, 3.63) is 35.4 Å². The Morgan fingerprint density at radius 3 is 2.05 bits per heavy atom. The molecule has 0 bridgehead atoms. The largest absolute Gasteiger partial charge is 0.229 e. The Kier molecular flexibility index (Phi) is 6.15. The molecule has 108 valence electrons. The zero-order valence-electron chi connectivity index (χ0n) is 11.3. The molecule has 0 saturated carbocycles. The minimum absolute atomic E-state index is 0.122. The van der Waals surface area contributed by atoms with Crippen LogP contribution in [0.4, 0.5) is 0 Å². The van der Waals surface area contributed by atoms with E-state index in [0.717, 1.165) is 11.1 Å². The van der Waals surface area contributed by atoms with Crippen LogP contribution in [0.2, 0.25) is 0 Å². The summed E-state index contributed by atoms with van der Waals surface area (Å²) in [4.78, 5) is 0. The minimum atomic E-state index is -3.01. The molecule has 0 heterocycles. The van der Waals surface area contributed by atoms with Crippen molar-refractivity contribution >= 4 is 33.0 Å². The van der Waals surface area contributed by atoms with E-state index in [0.29, 0.717) is 18.2 Å². The molecule has 0 atom stereocenters. The first-order chi connectivity index (χ1) is 8.89. The van der Waals surface area contributed by atoms with E-state index in [1.807, 2.05) is 31.2 Å². The molecule has 2 nitrogen and oxygen atoms in total. The van der Waals surface area contributed by atoms with Gasteiger partial charge in [-0.15, -0.1) is 23.2 Å². The van der Waals surface area contributed by atoms with Crippen molar-refractivity contribution in [1.82, 2.24) is 0 Å². The van der Waals surface area contributed by atoms with Crippen LogP contribution in [0.15, 0.2) is 24.3 Å². The number of hydrogen-bond acceptors (Lipinski definition) is 2. The van der Waals surface area contributed by atoms with Crippen LogP contribution in [-0.4, -0.2) is 31.7 Å². The van der Waals surface area contributed by atoms with Gasteiger partial charge in [0.1, 0.15) is 9.84 Å². The van der Waals surface area contributed by atoms with Gasteiger partial charge in [-0.1, -0.05) is 36.8 Å². The fourth-order valence-electron chi connectivity index (χ4n) is 1.87. The van der Waals surface area contributed by atoms with Gasteiger partial charge >= 0.3 is 0 Å². The van der Waals surface area contributed by atoms with E-state index in [2.05, 4.69) is 0 Å². The Balaban J connectivity index is 3.00. The normalized spacial score (nSPS) is 12.6. The number of sulfone groups is 1. The topological polar surface area (TPSA) is 34.1 Å². The lowest BCUT2D eigenvalue weighted by Crippen LogP contribution is -2.33. The van der Waals surface area contributed by atoms with Crippen LogP contribution in [0.3, 0.4) is 0 Å². The Hall–Kier alpha value is -0.250. The maximum absolute atomic E-state index is 11.7. The molecule has 1 aromatic rings. The van der Waals surface area contributed by atoms with E-state index in [4.69, 9.17) is 23.2 Å². The van der Waals surface area contributed by atoms with Crippen molar-refractivity contribution in [2.24, 2.45) is 0 Å². The Labute approximate surface area is 126 Å². The van der Waals surface area contributed by atoms with Crippen LogP contribution in [0.1, 0.15) is 24.5 Å². The summed E-state index contributed by atoms with van der Waals surface area (Å²) in [5.74, 6) is 0.913. The molecular formula is C14H20Cl2O2S. The molecular weight excluding hydrogens is 303 g/mol. The van der Waals surface area contributed by atoms with Gasteiger partial charge in [0, 0.05) is 22.9 Å². The highest BCUT2D eigenvalue weighted by Gasteiger charge is 2.32. The molecule has 0 aliphatic carbocycles. The molecule has 0 aromatic heterocycles. The summed E-state index contributed by atoms with van der Waals surface area (Å²) < 4.78 is 23.4. The Bertz CT molecular complexity index is 491. The number of halogens is 2. The molecule has 0 unspecified atom stereocenters. The standard InChI is InChI=1S/C14H20Cl2O2S/c1-3-19(17,18)9-8-14(10-15,11-16)13-6-4-12(2)5-7-13/h4-7H,3,8-11H2,1-2H3. The smallest absolute Gasteiger partial charge is 0.150 e. The van der Waals surface area contributed by atoms with Crippen molar-refractivity contribution < 1.29 is 8.42 Å². The zero-order chi connectivity index (χ0) is 14.5. The third-order valence-electron chi connectivity index (χ3n) is 3.51. The maximum atomic E-state index is 11.7. The fourth-order valence-corrected chi connectivity index (χ4v) is 3.72. The summed E-state index contributed by atoms with van der Waals surface area (Å²) in [6.45, 7) is 3.67. The molecule has 0 spiro atoms. The van der Waals surface area contributed by atoms with Crippen molar-refractivity contribution in [1.29, 1.82) is 0 Å². The first-order valence-electron chi connectivity index (χ1n) is 6.28. The summed E-state index contributed by atoms with van der Waals surface area (Å²) in [5.41, 5.74) is 1.69. The first kappa shape index (κ1) is 16.8. The molecule has 19 heavy (non-hydrogen) atoms. The highest BCUT2D eigenvalue weighted by atomic mass is 35.5. The highest BCUT2D eigenvalue weighted by Crippen LogP contribution is 2.32.